The van der Waals surface area contributed by atoms with E-state index in [1.165, 1.54) is 4.90 Å². The standard InChI is InChI=1S/C24H28N2O7/c1-5-31-18-9-7-17(8-10-18)26-12-16(11-20(26)28)23(29)33-13-19(27)21-14(3)22(25-15(21)4)24(30)32-6-2/h7-10,16,25H,5-6,11-13H2,1-4H3. The fraction of sp³-hybridized carbons (Fsp3) is 0.417. The molecule has 0 radical (unpaired) electrons. The normalized spacial score (nSPS) is 15.5. The zero-order chi connectivity index (χ0) is 24.1. The van der Waals surface area contributed by atoms with E-state index in [-0.39, 0.29) is 31.2 Å². The number of Topliss-reactive ketones (excluding diaryl/α,β-unsaturated/α-hetero) is 1. The minimum atomic E-state index is -0.666. The summed E-state index contributed by atoms with van der Waals surface area (Å²) in [7, 11) is 0. The Morgan fingerprint density at radius 3 is 2.39 bits per heavy atom. The second-order valence-electron chi connectivity index (χ2n) is 7.71. The van der Waals surface area contributed by atoms with E-state index in [9.17, 15) is 19.2 Å². The van der Waals surface area contributed by atoms with Gasteiger partial charge in [0, 0.05) is 29.9 Å². The molecule has 33 heavy (non-hydrogen) atoms. The van der Waals surface area contributed by atoms with Gasteiger partial charge >= 0.3 is 11.9 Å². The van der Waals surface area contributed by atoms with Crippen molar-refractivity contribution in [3.05, 3.63) is 46.8 Å². The molecule has 3 rings (SSSR count). The van der Waals surface area contributed by atoms with Gasteiger partial charge in [-0.05, 0) is 57.5 Å². The zero-order valence-electron chi connectivity index (χ0n) is 19.2. The number of hydrogen-bond acceptors (Lipinski definition) is 7. The van der Waals surface area contributed by atoms with Crippen LogP contribution in [0.4, 0.5) is 5.69 Å². The molecule has 1 atom stereocenters. The molecule has 1 N–H and O–H groups in total. The second kappa shape index (κ2) is 10.3. The van der Waals surface area contributed by atoms with Crippen LogP contribution >= 0.6 is 0 Å². The number of nitrogens with one attached hydrogen (secondary N) is 1. The number of aryl methyl sites for hydroxylation is 1. The molecule has 2 aromatic rings. The molecule has 9 nitrogen and oxygen atoms in total. The van der Waals surface area contributed by atoms with Crippen molar-refractivity contribution in [2.75, 3.05) is 31.3 Å². The van der Waals surface area contributed by atoms with E-state index in [1.54, 1.807) is 45.0 Å². The van der Waals surface area contributed by atoms with E-state index >= 15 is 0 Å². The number of anilines is 1. The molecule has 0 saturated carbocycles. The van der Waals surface area contributed by atoms with Gasteiger partial charge < -0.3 is 24.1 Å². The second-order valence-corrected chi connectivity index (χ2v) is 7.71. The molecule has 9 heteroatoms. The topological polar surface area (TPSA) is 115 Å². The van der Waals surface area contributed by atoms with Crippen molar-refractivity contribution < 1.29 is 33.4 Å². The summed E-state index contributed by atoms with van der Waals surface area (Å²) in [5.74, 6) is -1.75. The van der Waals surface area contributed by atoms with Gasteiger partial charge in [0.05, 0.1) is 19.1 Å². The summed E-state index contributed by atoms with van der Waals surface area (Å²) >= 11 is 0. The number of aromatic nitrogens is 1. The fourth-order valence-electron chi connectivity index (χ4n) is 3.91. The maximum atomic E-state index is 12.7. The van der Waals surface area contributed by atoms with Crippen LogP contribution < -0.4 is 9.64 Å². The quantitative estimate of drug-likeness (QED) is 0.456. The van der Waals surface area contributed by atoms with E-state index in [1.807, 2.05) is 6.92 Å². The number of ether oxygens (including phenoxy) is 3. The lowest BCUT2D eigenvalue weighted by Crippen LogP contribution is -2.27. The maximum absolute atomic E-state index is 12.7. The number of benzene rings is 1. The third-order valence-electron chi connectivity index (χ3n) is 5.46. The van der Waals surface area contributed by atoms with Crippen molar-refractivity contribution in [1.82, 2.24) is 4.98 Å². The molecule has 1 aliphatic rings. The highest BCUT2D eigenvalue weighted by atomic mass is 16.5. The first-order chi connectivity index (χ1) is 15.8. The Morgan fingerprint density at radius 1 is 1.06 bits per heavy atom. The van der Waals surface area contributed by atoms with Gasteiger partial charge in [0.1, 0.15) is 11.4 Å². The van der Waals surface area contributed by atoms with Gasteiger partial charge in [0.2, 0.25) is 11.7 Å². The number of H-pyrrole nitrogens is 1. The fourth-order valence-corrected chi connectivity index (χ4v) is 3.91. The molecular formula is C24H28N2O7. The summed E-state index contributed by atoms with van der Waals surface area (Å²) in [6.45, 7) is 7.33. The largest absolute Gasteiger partial charge is 0.494 e. The number of carbonyl (C=O) groups is 4. The predicted octanol–water partition coefficient (Wildman–Crippen LogP) is 2.99. The molecule has 1 saturated heterocycles. The van der Waals surface area contributed by atoms with Crippen LogP contribution in [0.2, 0.25) is 0 Å². The SMILES string of the molecule is CCOC(=O)c1[nH]c(C)c(C(=O)COC(=O)C2CC(=O)N(c3ccc(OCC)cc3)C2)c1C. The van der Waals surface area contributed by atoms with Crippen LogP contribution in [-0.4, -0.2) is 55.0 Å². The summed E-state index contributed by atoms with van der Waals surface area (Å²) in [4.78, 5) is 54.1. The van der Waals surface area contributed by atoms with E-state index < -0.39 is 30.2 Å². The Hall–Kier alpha value is -3.62. The van der Waals surface area contributed by atoms with Gasteiger partial charge in [-0.3, -0.25) is 14.4 Å². The minimum Gasteiger partial charge on any atom is -0.494 e. The summed E-state index contributed by atoms with van der Waals surface area (Å²) < 4.78 is 15.6. The van der Waals surface area contributed by atoms with Gasteiger partial charge in [-0.15, -0.1) is 0 Å². The summed E-state index contributed by atoms with van der Waals surface area (Å²) in [6, 6.07) is 7.06. The van der Waals surface area contributed by atoms with Crippen molar-refractivity contribution in [2.24, 2.45) is 5.92 Å². The third kappa shape index (κ3) is 5.24. The summed E-state index contributed by atoms with van der Waals surface area (Å²) in [5, 5.41) is 0. The van der Waals surface area contributed by atoms with Crippen LogP contribution in [-0.2, 0) is 19.1 Å². The molecule has 176 valence electrons. The highest BCUT2D eigenvalue weighted by Crippen LogP contribution is 2.28. The van der Waals surface area contributed by atoms with Crippen LogP contribution in [0.5, 0.6) is 5.75 Å². The molecular weight excluding hydrogens is 428 g/mol. The van der Waals surface area contributed by atoms with Gasteiger partial charge in [-0.25, -0.2) is 4.79 Å². The van der Waals surface area contributed by atoms with Crippen molar-refractivity contribution in [1.29, 1.82) is 0 Å². The molecule has 0 spiro atoms. The monoisotopic (exact) mass is 456 g/mol. The van der Waals surface area contributed by atoms with Crippen molar-refractivity contribution in [3.63, 3.8) is 0 Å². The average molecular weight is 456 g/mol. The third-order valence-corrected chi connectivity index (χ3v) is 5.46. The van der Waals surface area contributed by atoms with Gasteiger partial charge in [0.15, 0.2) is 6.61 Å². The molecule has 1 aromatic carbocycles. The number of esters is 2. The number of amides is 1. The maximum Gasteiger partial charge on any atom is 0.355 e. The molecule has 0 aliphatic carbocycles. The Balaban J connectivity index is 1.60. The van der Waals surface area contributed by atoms with Gasteiger partial charge in [-0.1, -0.05) is 0 Å². The number of rotatable bonds is 9. The zero-order valence-corrected chi connectivity index (χ0v) is 19.2. The lowest BCUT2D eigenvalue weighted by Gasteiger charge is -2.17. The minimum absolute atomic E-state index is 0.00938. The molecule has 1 aliphatic heterocycles. The Labute approximate surface area is 192 Å². The van der Waals surface area contributed by atoms with E-state index in [2.05, 4.69) is 4.98 Å². The van der Waals surface area contributed by atoms with Crippen LogP contribution in [0.15, 0.2) is 24.3 Å². The molecule has 1 amide bonds. The van der Waals surface area contributed by atoms with E-state index in [4.69, 9.17) is 14.2 Å². The molecule has 0 bridgehead atoms. The molecule has 2 heterocycles. The Morgan fingerprint density at radius 2 is 1.76 bits per heavy atom. The van der Waals surface area contributed by atoms with Crippen molar-refractivity contribution in [3.8, 4) is 5.75 Å². The lowest BCUT2D eigenvalue weighted by molar-refractivity contribution is -0.147. The Bertz CT molecular complexity index is 1060. The smallest absolute Gasteiger partial charge is 0.355 e. The van der Waals surface area contributed by atoms with Crippen LogP contribution in [0, 0.1) is 19.8 Å². The Kier molecular flexibility index (Phi) is 7.52. The summed E-state index contributed by atoms with van der Waals surface area (Å²) in [6.07, 6.45) is 0.00938. The number of hydrogen-bond donors (Lipinski definition) is 1. The van der Waals surface area contributed by atoms with E-state index in [0.717, 1.165) is 0 Å². The first-order valence-corrected chi connectivity index (χ1v) is 10.9. The highest BCUT2D eigenvalue weighted by Gasteiger charge is 2.36. The number of carbonyl (C=O) groups excluding carboxylic acids is 4. The number of ketones is 1. The van der Waals surface area contributed by atoms with Crippen LogP contribution in [0.3, 0.4) is 0 Å². The van der Waals surface area contributed by atoms with Gasteiger partial charge in [-0.2, -0.15) is 0 Å². The average Bonchev–Trinajstić information content (AvgIpc) is 3.32. The number of nitrogens with zero attached hydrogens (tertiary/aromatic N) is 1. The molecule has 1 unspecified atom stereocenters. The predicted molar refractivity (Wildman–Crippen MR) is 120 cm³/mol. The highest BCUT2D eigenvalue weighted by molar-refractivity contribution is 6.04. The summed E-state index contributed by atoms with van der Waals surface area (Å²) in [5.41, 5.74) is 2.11. The number of aromatic amines is 1. The first kappa shape index (κ1) is 24.0. The van der Waals surface area contributed by atoms with Gasteiger partial charge in [0.25, 0.3) is 0 Å². The molecule has 1 fully saturated rings. The van der Waals surface area contributed by atoms with Crippen LogP contribution in [0.25, 0.3) is 0 Å². The first-order valence-electron chi connectivity index (χ1n) is 10.9. The van der Waals surface area contributed by atoms with Crippen molar-refractivity contribution >= 4 is 29.3 Å². The lowest BCUT2D eigenvalue weighted by atomic mass is 10.1. The van der Waals surface area contributed by atoms with Crippen molar-refractivity contribution in [2.45, 2.75) is 34.1 Å². The van der Waals surface area contributed by atoms with E-state index in [0.29, 0.717) is 34.9 Å². The molecule has 1 aromatic heterocycles. The van der Waals surface area contributed by atoms with Crippen LogP contribution in [0.1, 0.15) is 52.4 Å².